The number of benzene rings is 1. The van der Waals surface area contributed by atoms with E-state index in [4.69, 9.17) is 9.47 Å². The highest BCUT2D eigenvalue weighted by molar-refractivity contribution is 5.80. The van der Waals surface area contributed by atoms with E-state index in [1.165, 1.54) is 0 Å². The number of carbonyl (C=O) groups excluding carboxylic acids is 1. The molecule has 1 aromatic rings. The zero-order valence-corrected chi connectivity index (χ0v) is 10.6. The Morgan fingerprint density at radius 2 is 2.06 bits per heavy atom. The van der Waals surface area contributed by atoms with Crippen LogP contribution in [-0.4, -0.2) is 18.0 Å². The molecule has 96 valence electrons. The van der Waals surface area contributed by atoms with E-state index in [1.54, 1.807) is 0 Å². The summed E-state index contributed by atoms with van der Waals surface area (Å²) < 4.78 is 11.8. The molecule has 1 spiro atoms. The van der Waals surface area contributed by atoms with E-state index >= 15 is 0 Å². The Kier molecular flexibility index (Phi) is 2.96. The van der Waals surface area contributed by atoms with Gasteiger partial charge in [-0.25, -0.2) is 0 Å². The maximum atomic E-state index is 11.7. The smallest absolute Gasteiger partial charge is 0.184 e. The molecule has 1 aliphatic heterocycles. The second-order valence-corrected chi connectivity index (χ2v) is 5.58. The summed E-state index contributed by atoms with van der Waals surface area (Å²) in [7, 11) is 0. The molecule has 0 radical (unpaired) electrons. The van der Waals surface area contributed by atoms with Crippen LogP contribution in [0.3, 0.4) is 0 Å². The van der Waals surface area contributed by atoms with Gasteiger partial charge in [-0.2, -0.15) is 0 Å². The van der Waals surface area contributed by atoms with E-state index in [0.29, 0.717) is 31.1 Å². The minimum Gasteiger partial charge on any atom is -0.345 e. The molecule has 0 unspecified atom stereocenters. The first-order chi connectivity index (χ1) is 8.67. The van der Waals surface area contributed by atoms with Crippen LogP contribution in [0.4, 0.5) is 0 Å². The molecule has 3 nitrogen and oxygen atoms in total. The molecule has 0 N–H and O–H groups in total. The van der Waals surface area contributed by atoms with Crippen LogP contribution in [-0.2, 0) is 14.3 Å². The van der Waals surface area contributed by atoms with Crippen LogP contribution in [0.1, 0.15) is 38.0 Å². The standard InChI is InChI=1S/C15H18O3/c1-11-7-13(16)9-15(8-11)10-17-14(18-15)12-5-3-2-4-6-12/h2-6,11,14H,7-10H2,1H3/t11-,14-,15+/m0/s1. The molecule has 1 heterocycles. The number of rotatable bonds is 1. The molecule has 0 aromatic heterocycles. The normalized spacial score (nSPS) is 36.2. The molecule has 3 heteroatoms. The van der Waals surface area contributed by atoms with Gasteiger partial charge in [-0.1, -0.05) is 37.3 Å². The SMILES string of the molecule is C[C@H]1CC(=O)C[C@@]2(CO[C@H](c3ccccc3)O2)C1. The molecule has 0 bridgehead atoms. The summed E-state index contributed by atoms with van der Waals surface area (Å²) in [4.78, 5) is 11.7. The van der Waals surface area contributed by atoms with Gasteiger partial charge in [-0.05, 0) is 12.3 Å². The van der Waals surface area contributed by atoms with Crippen molar-refractivity contribution < 1.29 is 14.3 Å². The first-order valence-electron chi connectivity index (χ1n) is 6.53. The summed E-state index contributed by atoms with van der Waals surface area (Å²) >= 11 is 0. The molecule has 18 heavy (non-hydrogen) atoms. The van der Waals surface area contributed by atoms with Crippen molar-refractivity contribution in [1.29, 1.82) is 0 Å². The van der Waals surface area contributed by atoms with Gasteiger partial charge in [0, 0.05) is 18.4 Å². The Hall–Kier alpha value is -1.19. The number of ether oxygens (including phenoxy) is 2. The van der Waals surface area contributed by atoms with E-state index in [-0.39, 0.29) is 11.9 Å². The average Bonchev–Trinajstić information content (AvgIpc) is 2.72. The molecule has 0 amide bonds. The van der Waals surface area contributed by atoms with Crippen LogP contribution in [0, 0.1) is 5.92 Å². The van der Waals surface area contributed by atoms with E-state index in [1.807, 2.05) is 30.3 Å². The molecule has 1 aromatic carbocycles. The zero-order valence-electron chi connectivity index (χ0n) is 10.6. The van der Waals surface area contributed by atoms with Gasteiger partial charge >= 0.3 is 0 Å². The lowest BCUT2D eigenvalue weighted by molar-refractivity contribution is -0.138. The average molecular weight is 246 g/mol. The predicted octanol–water partition coefficient (Wildman–Crippen LogP) is 2.86. The topological polar surface area (TPSA) is 35.5 Å². The highest BCUT2D eigenvalue weighted by Gasteiger charge is 2.46. The Morgan fingerprint density at radius 3 is 2.78 bits per heavy atom. The van der Waals surface area contributed by atoms with Crippen molar-refractivity contribution in [2.24, 2.45) is 5.92 Å². The van der Waals surface area contributed by atoms with Crippen LogP contribution >= 0.6 is 0 Å². The van der Waals surface area contributed by atoms with E-state index in [0.717, 1.165) is 12.0 Å². The van der Waals surface area contributed by atoms with Gasteiger partial charge in [0.05, 0.1) is 6.61 Å². The van der Waals surface area contributed by atoms with Gasteiger partial charge in [0.15, 0.2) is 6.29 Å². The van der Waals surface area contributed by atoms with Gasteiger partial charge in [0.2, 0.25) is 0 Å². The Balaban J connectivity index is 1.76. The maximum absolute atomic E-state index is 11.7. The first-order valence-corrected chi connectivity index (χ1v) is 6.53. The van der Waals surface area contributed by atoms with Crippen molar-refractivity contribution in [2.75, 3.05) is 6.61 Å². The first kappa shape index (κ1) is 11.9. The highest BCUT2D eigenvalue weighted by atomic mass is 16.7. The summed E-state index contributed by atoms with van der Waals surface area (Å²) in [5, 5.41) is 0. The Morgan fingerprint density at radius 1 is 1.28 bits per heavy atom. The summed E-state index contributed by atoms with van der Waals surface area (Å²) in [6, 6.07) is 9.92. The molecular formula is C15H18O3. The number of ketones is 1. The fourth-order valence-electron chi connectivity index (χ4n) is 3.10. The molecule has 1 saturated carbocycles. The Bertz CT molecular complexity index is 442. The van der Waals surface area contributed by atoms with Crippen molar-refractivity contribution >= 4 is 5.78 Å². The number of carbonyl (C=O) groups is 1. The van der Waals surface area contributed by atoms with Gasteiger partial charge in [0.1, 0.15) is 11.4 Å². The lowest BCUT2D eigenvalue weighted by Crippen LogP contribution is -2.40. The van der Waals surface area contributed by atoms with Crippen LogP contribution in [0.15, 0.2) is 30.3 Å². The van der Waals surface area contributed by atoms with Crippen molar-refractivity contribution in [1.82, 2.24) is 0 Å². The summed E-state index contributed by atoms with van der Waals surface area (Å²) in [5.41, 5.74) is 0.648. The lowest BCUT2D eigenvalue weighted by Gasteiger charge is -2.33. The quantitative estimate of drug-likeness (QED) is 0.764. The number of Topliss-reactive ketones (excluding diaryl/α,β-unsaturated/α-hetero) is 1. The zero-order chi connectivity index (χ0) is 12.6. The number of hydrogen-bond donors (Lipinski definition) is 0. The van der Waals surface area contributed by atoms with Gasteiger partial charge in [-0.3, -0.25) is 4.79 Å². The second kappa shape index (κ2) is 4.48. The molecule has 1 aliphatic carbocycles. The van der Waals surface area contributed by atoms with E-state index in [9.17, 15) is 4.79 Å². The molecular weight excluding hydrogens is 228 g/mol. The van der Waals surface area contributed by atoms with E-state index in [2.05, 4.69) is 6.92 Å². The fraction of sp³-hybridized carbons (Fsp3) is 0.533. The summed E-state index contributed by atoms with van der Waals surface area (Å²) in [5.74, 6) is 0.690. The fourth-order valence-corrected chi connectivity index (χ4v) is 3.10. The number of hydrogen-bond acceptors (Lipinski definition) is 3. The minimum atomic E-state index is -0.380. The van der Waals surface area contributed by atoms with Crippen LogP contribution in [0.2, 0.25) is 0 Å². The lowest BCUT2D eigenvalue weighted by atomic mass is 9.78. The highest BCUT2D eigenvalue weighted by Crippen LogP contribution is 2.42. The van der Waals surface area contributed by atoms with Crippen molar-refractivity contribution in [3.8, 4) is 0 Å². The Labute approximate surface area is 107 Å². The van der Waals surface area contributed by atoms with Gasteiger partial charge < -0.3 is 9.47 Å². The van der Waals surface area contributed by atoms with Crippen molar-refractivity contribution in [2.45, 2.75) is 38.1 Å². The van der Waals surface area contributed by atoms with E-state index < -0.39 is 0 Å². The third-order valence-corrected chi connectivity index (χ3v) is 3.74. The monoisotopic (exact) mass is 246 g/mol. The molecule has 1 saturated heterocycles. The van der Waals surface area contributed by atoms with Crippen molar-refractivity contribution in [3.05, 3.63) is 35.9 Å². The second-order valence-electron chi connectivity index (χ2n) is 5.58. The van der Waals surface area contributed by atoms with Crippen LogP contribution < -0.4 is 0 Å². The molecule has 2 aliphatic rings. The molecule has 3 rings (SSSR count). The van der Waals surface area contributed by atoms with Gasteiger partial charge in [0.25, 0.3) is 0 Å². The largest absolute Gasteiger partial charge is 0.345 e. The van der Waals surface area contributed by atoms with Crippen LogP contribution in [0.25, 0.3) is 0 Å². The summed E-state index contributed by atoms with van der Waals surface area (Å²) in [6.07, 6.45) is 1.79. The molecule has 2 fully saturated rings. The minimum absolute atomic E-state index is 0.297. The maximum Gasteiger partial charge on any atom is 0.184 e. The third kappa shape index (κ3) is 2.20. The summed E-state index contributed by atoms with van der Waals surface area (Å²) in [6.45, 7) is 2.64. The van der Waals surface area contributed by atoms with Gasteiger partial charge in [-0.15, -0.1) is 0 Å². The van der Waals surface area contributed by atoms with Crippen LogP contribution in [0.5, 0.6) is 0 Å². The third-order valence-electron chi connectivity index (χ3n) is 3.74. The molecule has 3 atom stereocenters. The predicted molar refractivity (Wildman–Crippen MR) is 67.0 cm³/mol. The van der Waals surface area contributed by atoms with Crippen molar-refractivity contribution in [3.63, 3.8) is 0 Å².